The fourth-order valence-electron chi connectivity index (χ4n) is 1.27. The van der Waals surface area contributed by atoms with Crippen LogP contribution in [-0.4, -0.2) is 12.5 Å². The van der Waals surface area contributed by atoms with Gasteiger partial charge >= 0.3 is 0 Å². The highest BCUT2D eigenvalue weighted by molar-refractivity contribution is 5.74. The second-order valence-electron chi connectivity index (χ2n) is 3.00. The Morgan fingerprint density at radius 3 is 2.50 bits per heavy atom. The van der Waals surface area contributed by atoms with Crippen molar-refractivity contribution < 1.29 is 4.79 Å². The average Bonchev–Trinajstić information content (AvgIpc) is 2.63. The topological polar surface area (TPSA) is 69.1 Å². The molecule has 58 valence electrons. The van der Waals surface area contributed by atoms with Gasteiger partial charge in [0.15, 0.2) is 0 Å². The van der Waals surface area contributed by atoms with E-state index in [-0.39, 0.29) is 5.91 Å². The lowest BCUT2D eigenvalue weighted by Crippen LogP contribution is -2.23. The third-order valence-corrected chi connectivity index (χ3v) is 2.05. The molecule has 0 spiro atoms. The number of carbonyl (C=O) groups excluding carboxylic acids is 1. The van der Waals surface area contributed by atoms with Crippen LogP contribution >= 0.6 is 0 Å². The molecular weight excluding hydrogens is 128 g/mol. The molecule has 3 heteroatoms. The van der Waals surface area contributed by atoms with Crippen LogP contribution in [0.5, 0.6) is 0 Å². The Balaban J connectivity index is 2.25. The first kappa shape index (κ1) is 7.54. The van der Waals surface area contributed by atoms with Crippen molar-refractivity contribution in [3.05, 3.63) is 0 Å². The molecule has 0 radical (unpaired) electrons. The molecule has 10 heavy (non-hydrogen) atoms. The molecule has 1 fully saturated rings. The first-order valence-corrected chi connectivity index (χ1v) is 3.72. The summed E-state index contributed by atoms with van der Waals surface area (Å²) < 4.78 is 0. The highest BCUT2D eigenvalue weighted by Gasteiger charge is 2.30. The van der Waals surface area contributed by atoms with Crippen LogP contribution in [0, 0.1) is 11.8 Å². The van der Waals surface area contributed by atoms with E-state index in [1.807, 2.05) is 0 Å². The Labute approximate surface area is 60.8 Å². The number of amides is 1. The van der Waals surface area contributed by atoms with Gasteiger partial charge in [0.1, 0.15) is 0 Å². The molecule has 0 aromatic carbocycles. The van der Waals surface area contributed by atoms with E-state index in [0.29, 0.717) is 24.8 Å². The number of rotatable bonds is 4. The van der Waals surface area contributed by atoms with Crippen LogP contribution in [-0.2, 0) is 4.79 Å². The van der Waals surface area contributed by atoms with Crippen LogP contribution in [0.4, 0.5) is 0 Å². The molecule has 1 unspecified atom stereocenters. The molecule has 0 aliphatic heterocycles. The fraction of sp³-hybridized carbons (Fsp3) is 0.857. The Morgan fingerprint density at radius 1 is 1.60 bits per heavy atom. The molecule has 1 saturated carbocycles. The molecular formula is C7H14N2O. The van der Waals surface area contributed by atoms with E-state index in [4.69, 9.17) is 11.5 Å². The molecule has 0 bridgehead atoms. The van der Waals surface area contributed by atoms with E-state index in [1.54, 1.807) is 0 Å². The first-order chi connectivity index (χ1) is 4.74. The number of hydrogen-bond acceptors (Lipinski definition) is 2. The van der Waals surface area contributed by atoms with E-state index in [9.17, 15) is 4.79 Å². The van der Waals surface area contributed by atoms with Crippen molar-refractivity contribution in [1.29, 1.82) is 0 Å². The summed E-state index contributed by atoms with van der Waals surface area (Å²) in [6.07, 6.45) is 2.94. The lowest BCUT2D eigenvalue weighted by Gasteiger charge is -2.09. The fourth-order valence-corrected chi connectivity index (χ4v) is 1.27. The summed E-state index contributed by atoms with van der Waals surface area (Å²) in [5, 5.41) is 0. The summed E-state index contributed by atoms with van der Waals surface area (Å²) >= 11 is 0. The second-order valence-corrected chi connectivity index (χ2v) is 3.00. The Kier molecular flexibility index (Phi) is 2.27. The van der Waals surface area contributed by atoms with Gasteiger partial charge < -0.3 is 11.5 Å². The lowest BCUT2D eigenvalue weighted by molar-refractivity contribution is -0.119. The summed E-state index contributed by atoms with van der Waals surface area (Å²) in [5.74, 6) is 0.831. The Hall–Kier alpha value is -0.570. The van der Waals surface area contributed by atoms with E-state index in [0.717, 1.165) is 0 Å². The minimum absolute atomic E-state index is 0.220. The molecule has 1 amide bonds. The third kappa shape index (κ3) is 1.99. The van der Waals surface area contributed by atoms with Crippen molar-refractivity contribution in [1.82, 2.24) is 0 Å². The van der Waals surface area contributed by atoms with Crippen LogP contribution in [0.3, 0.4) is 0 Å². The van der Waals surface area contributed by atoms with Gasteiger partial charge in [0.2, 0.25) is 5.91 Å². The van der Waals surface area contributed by atoms with Crippen molar-refractivity contribution in [2.45, 2.75) is 19.3 Å². The van der Waals surface area contributed by atoms with Gasteiger partial charge in [-0.2, -0.15) is 0 Å². The summed E-state index contributed by atoms with van der Waals surface area (Å²) in [4.78, 5) is 10.5. The predicted molar refractivity (Wildman–Crippen MR) is 39.1 cm³/mol. The number of nitrogens with two attached hydrogens (primary N) is 2. The highest BCUT2D eigenvalue weighted by Crippen LogP contribution is 2.37. The van der Waals surface area contributed by atoms with Crippen molar-refractivity contribution in [2.75, 3.05) is 6.54 Å². The molecule has 1 aliphatic rings. The molecule has 1 atom stereocenters. The summed E-state index contributed by atoms with van der Waals surface area (Å²) in [6.45, 7) is 0.605. The van der Waals surface area contributed by atoms with Gasteiger partial charge in [0.25, 0.3) is 0 Å². The van der Waals surface area contributed by atoms with Crippen molar-refractivity contribution in [3.63, 3.8) is 0 Å². The third-order valence-electron chi connectivity index (χ3n) is 2.05. The average molecular weight is 142 g/mol. The van der Waals surface area contributed by atoms with Crippen molar-refractivity contribution in [2.24, 2.45) is 23.3 Å². The largest absolute Gasteiger partial charge is 0.370 e. The molecule has 0 saturated heterocycles. The van der Waals surface area contributed by atoms with Crippen LogP contribution in [0.2, 0.25) is 0 Å². The second kappa shape index (κ2) is 3.01. The zero-order chi connectivity index (χ0) is 7.56. The number of hydrogen-bond donors (Lipinski definition) is 2. The molecule has 3 nitrogen and oxygen atoms in total. The number of carbonyl (C=O) groups is 1. The van der Waals surface area contributed by atoms with Crippen LogP contribution in [0.15, 0.2) is 0 Å². The van der Waals surface area contributed by atoms with E-state index >= 15 is 0 Å². The standard InChI is InChI=1S/C7H14N2O/c8-4-6(3-7(9)10)5-1-2-5/h5-6H,1-4,8H2,(H2,9,10). The Morgan fingerprint density at radius 2 is 2.20 bits per heavy atom. The minimum atomic E-state index is -0.220. The first-order valence-electron chi connectivity index (χ1n) is 3.72. The van der Waals surface area contributed by atoms with Gasteiger partial charge in [-0.3, -0.25) is 4.79 Å². The zero-order valence-corrected chi connectivity index (χ0v) is 6.05. The summed E-state index contributed by atoms with van der Waals surface area (Å²) in [6, 6.07) is 0. The molecule has 4 N–H and O–H groups in total. The van der Waals surface area contributed by atoms with Crippen LogP contribution in [0.1, 0.15) is 19.3 Å². The van der Waals surface area contributed by atoms with Crippen LogP contribution < -0.4 is 11.5 Å². The summed E-state index contributed by atoms with van der Waals surface area (Å²) in [5.41, 5.74) is 10.5. The van der Waals surface area contributed by atoms with E-state index in [2.05, 4.69) is 0 Å². The molecule has 0 aromatic rings. The van der Waals surface area contributed by atoms with Gasteiger partial charge in [0, 0.05) is 6.42 Å². The smallest absolute Gasteiger partial charge is 0.217 e. The maximum absolute atomic E-state index is 10.5. The molecule has 0 heterocycles. The number of primary amides is 1. The molecule has 1 aliphatic carbocycles. The van der Waals surface area contributed by atoms with Gasteiger partial charge in [-0.15, -0.1) is 0 Å². The monoisotopic (exact) mass is 142 g/mol. The maximum Gasteiger partial charge on any atom is 0.217 e. The van der Waals surface area contributed by atoms with Gasteiger partial charge in [0.05, 0.1) is 0 Å². The van der Waals surface area contributed by atoms with E-state index < -0.39 is 0 Å². The Bertz CT molecular complexity index is 132. The molecule has 0 aromatic heterocycles. The van der Waals surface area contributed by atoms with Gasteiger partial charge in [-0.25, -0.2) is 0 Å². The van der Waals surface area contributed by atoms with Crippen molar-refractivity contribution >= 4 is 5.91 Å². The van der Waals surface area contributed by atoms with Crippen molar-refractivity contribution in [3.8, 4) is 0 Å². The summed E-state index contributed by atoms with van der Waals surface area (Å²) in [7, 11) is 0. The van der Waals surface area contributed by atoms with Gasteiger partial charge in [-0.05, 0) is 31.2 Å². The zero-order valence-electron chi connectivity index (χ0n) is 6.05. The quantitative estimate of drug-likeness (QED) is 0.573. The van der Waals surface area contributed by atoms with E-state index in [1.165, 1.54) is 12.8 Å². The minimum Gasteiger partial charge on any atom is -0.370 e. The van der Waals surface area contributed by atoms with Crippen LogP contribution in [0.25, 0.3) is 0 Å². The highest BCUT2D eigenvalue weighted by atomic mass is 16.1. The SMILES string of the molecule is NCC(CC(N)=O)C1CC1. The lowest BCUT2D eigenvalue weighted by atomic mass is 10.00. The predicted octanol–water partition coefficient (Wildman–Crippen LogP) is -0.153. The molecule has 1 rings (SSSR count). The van der Waals surface area contributed by atoms with Gasteiger partial charge in [-0.1, -0.05) is 0 Å². The normalized spacial score (nSPS) is 20.5. The maximum atomic E-state index is 10.5.